The Balaban J connectivity index is 2.39. The van der Waals surface area contributed by atoms with E-state index in [2.05, 4.69) is 12.1 Å². The average molecular weight is 172 g/mol. The van der Waals surface area contributed by atoms with E-state index in [1.54, 1.807) is 0 Å². The van der Waals surface area contributed by atoms with Gasteiger partial charge in [-0.2, -0.15) is 5.26 Å². The van der Waals surface area contributed by atoms with E-state index in [1.165, 1.54) is 11.1 Å². The summed E-state index contributed by atoms with van der Waals surface area (Å²) >= 11 is 0. The minimum Gasteiger partial charge on any atom is -0.327 e. The van der Waals surface area contributed by atoms with Crippen LogP contribution in [-0.2, 0) is 12.8 Å². The van der Waals surface area contributed by atoms with E-state index in [0.29, 0.717) is 0 Å². The normalized spacial score (nSPS) is 20.5. The van der Waals surface area contributed by atoms with Gasteiger partial charge in [-0.3, -0.25) is 0 Å². The van der Waals surface area contributed by atoms with Crippen molar-refractivity contribution in [3.8, 4) is 6.07 Å². The van der Waals surface area contributed by atoms with Gasteiger partial charge in [0.05, 0.1) is 11.6 Å². The Morgan fingerprint density at radius 1 is 1.38 bits per heavy atom. The summed E-state index contributed by atoms with van der Waals surface area (Å²) in [6.45, 7) is 0. The van der Waals surface area contributed by atoms with Crippen molar-refractivity contribution >= 4 is 0 Å². The van der Waals surface area contributed by atoms with E-state index in [1.807, 2.05) is 12.1 Å². The SMILES string of the molecule is N#Cc1ccc2c(c1)C[C@@H](N)CC2. The van der Waals surface area contributed by atoms with E-state index in [9.17, 15) is 0 Å². The molecule has 1 atom stereocenters. The molecule has 1 aliphatic rings. The number of fused-ring (bicyclic) bond motifs is 1. The third-order valence-corrected chi connectivity index (χ3v) is 2.60. The maximum atomic E-state index is 8.72. The van der Waals surface area contributed by atoms with Crippen LogP contribution in [0.3, 0.4) is 0 Å². The summed E-state index contributed by atoms with van der Waals surface area (Å²) in [6, 6.07) is 8.34. The molecule has 1 aromatic carbocycles. The van der Waals surface area contributed by atoms with Crippen molar-refractivity contribution in [2.75, 3.05) is 0 Å². The minimum absolute atomic E-state index is 0.279. The van der Waals surface area contributed by atoms with Crippen LogP contribution in [0.1, 0.15) is 23.1 Å². The zero-order valence-electron chi connectivity index (χ0n) is 7.46. The topological polar surface area (TPSA) is 49.8 Å². The van der Waals surface area contributed by atoms with Crippen molar-refractivity contribution in [3.63, 3.8) is 0 Å². The van der Waals surface area contributed by atoms with Crippen LogP contribution >= 0.6 is 0 Å². The molecule has 0 bridgehead atoms. The molecule has 0 saturated carbocycles. The molecule has 66 valence electrons. The summed E-state index contributed by atoms with van der Waals surface area (Å²) < 4.78 is 0. The van der Waals surface area contributed by atoms with Gasteiger partial charge in [0.15, 0.2) is 0 Å². The van der Waals surface area contributed by atoms with Gasteiger partial charge in [0.25, 0.3) is 0 Å². The molecule has 1 aromatic rings. The molecule has 2 heteroatoms. The van der Waals surface area contributed by atoms with Gasteiger partial charge in [-0.25, -0.2) is 0 Å². The van der Waals surface area contributed by atoms with Gasteiger partial charge < -0.3 is 5.73 Å². The summed E-state index contributed by atoms with van der Waals surface area (Å²) in [7, 11) is 0. The number of hydrogen-bond donors (Lipinski definition) is 1. The van der Waals surface area contributed by atoms with Gasteiger partial charge in [-0.15, -0.1) is 0 Å². The number of hydrogen-bond acceptors (Lipinski definition) is 2. The zero-order chi connectivity index (χ0) is 9.26. The molecule has 0 heterocycles. The van der Waals surface area contributed by atoms with Crippen molar-refractivity contribution in [1.82, 2.24) is 0 Å². The lowest BCUT2D eigenvalue weighted by Crippen LogP contribution is -2.27. The largest absolute Gasteiger partial charge is 0.327 e. The van der Waals surface area contributed by atoms with Crippen LogP contribution in [0, 0.1) is 11.3 Å². The van der Waals surface area contributed by atoms with E-state index < -0.39 is 0 Å². The molecule has 0 saturated heterocycles. The van der Waals surface area contributed by atoms with Crippen LogP contribution in [0.5, 0.6) is 0 Å². The highest BCUT2D eigenvalue weighted by Gasteiger charge is 2.15. The maximum absolute atomic E-state index is 8.72. The summed E-state index contributed by atoms with van der Waals surface area (Å²) in [6.07, 6.45) is 3.05. The molecule has 2 rings (SSSR count). The summed E-state index contributed by atoms with van der Waals surface area (Å²) in [4.78, 5) is 0. The molecular formula is C11H12N2. The molecule has 0 aliphatic heterocycles. The fourth-order valence-electron chi connectivity index (χ4n) is 1.85. The first-order valence-corrected chi connectivity index (χ1v) is 4.57. The quantitative estimate of drug-likeness (QED) is 0.642. The lowest BCUT2D eigenvalue weighted by molar-refractivity contribution is 0.576. The third-order valence-electron chi connectivity index (χ3n) is 2.60. The first-order valence-electron chi connectivity index (χ1n) is 4.57. The highest BCUT2D eigenvalue weighted by atomic mass is 14.6. The number of aryl methyl sites for hydroxylation is 1. The molecule has 1 aliphatic carbocycles. The van der Waals surface area contributed by atoms with Crippen LogP contribution in [0.2, 0.25) is 0 Å². The van der Waals surface area contributed by atoms with Crippen molar-refractivity contribution in [3.05, 3.63) is 34.9 Å². The molecule has 0 radical (unpaired) electrons. The molecule has 2 N–H and O–H groups in total. The lowest BCUT2D eigenvalue weighted by atomic mass is 9.88. The highest BCUT2D eigenvalue weighted by molar-refractivity contribution is 5.39. The van der Waals surface area contributed by atoms with Crippen LogP contribution < -0.4 is 5.73 Å². The Bertz CT molecular complexity index is 363. The number of benzene rings is 1. The molecule has 0 aromatic heterocycles. The van der Waals surface area contributed by atoms with E-state index in [0.717, 1.165) is 24.8 Å². The van der Waals surface area contributed by atoms with Crippen molar-refractivity contribution in [2.24, 2.45) is 5.73 Å². The Labute approximate surface area is 78.0 Å². The van der Waals surface area contributed by atoms with E-state index in [-0.39, 0.29) is 6.04 Å². The predicted octanol–water partition coefficient (Wildman–Crippen LogP) is 1.37. The van der Waals surface area contributed by atoms with Crippen molar-refractivity contribution in [1.29, 1.82) is 5.26 Å². The second-order valence-electron chi connectivity index (χ2n) is 3.60. The number of nitrogens with two attached hydrogens (primary N) is 1. The van der Waals surface area contributed by atoms with Crippen LogP contribution in [-0.4, -0.2) is 6.04 Å². The smallest absolute Gasteiger partial charge is 0.0991 e. The van der Waals surface area contributed by atoms with Crippen molar-refractivity contribution < 1.29 is 0 Å². The van der Waals surface area contributed by atoms with Crippen LogP contribution in [0.4, 0.5) is 0 Å². The Hall–Kier alpha value is -1.33. The Morgan fingerprint density at radius 3 is 3.00 bits per heavy atom. The molecule has 13 heavy (non-hydrogen) atoms. The second kappa shape index (κ2) is 3.20. The number of nitriles is 1. The van der Waals surface area contributed by atoms with Gasteiger partial charge in [0.1, 0.15) is 0 Å². The second-order valence-corrected chi connectivity index (χ2v) is 3.60. The first-order chi connectivity index (χ1) is 6.29. The molecule has 0 spiro atoms. The standard InChI is InChI=1S/C11H12N2/c12-7-8-1-2-9-3-4-11(13)6-10(9)5-8/h1-2,5,11H,3-4,6,13H2/t11-/m0/s1. The maximum Gasteiger partial charge on any atom is 0.0991 e. The average Bonchev–Trinajstić information content (AvgIpc) is 2.16. The van der Waals surface area contributed by atoms with Gasteiger partial charge in [-0.1, -0.05) is 6.07 Å². The predicted molar refractivity (Wildman–Crippen MR) is 51.2 cm³/mol. The zero-order valence-corrected chi connectivity index (χ0v) is 7.46. The molecule has 0 fully saturated rings. The van der Waals surface area contributed by atoms with Crippen LogP contribution in [0.25, 0.3) is 0 Å². The highest BCUT2D eigenvalue weighted by Crippen LogP contribution is 2.21. The van der Waals surface area contributed by atoms with Crippen molar-refractivity contribution in [2.45, 2.75) is 25.3 Å². The first kappa shape index (κ1) is 8.28. The Kier molecular flexibility index (Phi) is 2.03. The summed E-state index contributed by atoms with van der Waals surface area (Å²) in [5, 5.41) is 8.72. The fraction of sp³-hybridized carbons (Fsp3) is 0.364. The lowest BCUT2D eigenvalue weighted by Gasteiger charge is -2.21. The number of rotatable bonds is 0. The minimum atomic E-state index is 0.279. The summed E-state index contributed by atoms with van der Waals surface area (Å²) in [5.74, 6) is 0. The van der Waals surface area contributed by atoms with Crippen LogP contribution in [0.15, 0.2) is 18.2 Å². The third kappa shape index (κ3) is 1.56. The van der Waals surface area contributed by atoms with Gasteiger partial charge in [0, 0.05) is 6.04 Å². The van der Waals surface area contributed by atoms with E-state index in [4.69, 9.17) is 11.0 Å². The fourth-order valence-corrected chi connectivity index (χ4v) is 1.85. The molecule has 0 amide bonds. The van der Waals surface area contributed by atoms with E-state index >= 15 is 0 Å². The van der Waals surface area contributed by atoms with Gasteiger partial charge in [-0.05, 0) is 42.5 Å². The number of nitrogens with zero attached hydrogens (tertiary/aromatic N) is 1. The summed E-state index contributed by atoms with van der Waals surface area (Å²) in [5.41, 5.74) is 9.23. The molecule has 2 nitrogen and oxygen atoms in total. The molecular weight excluding hydrogens is 160 g/mol. The van der Waals surface area contributed by atoms with Gasteiger partial charge in [0.2, 0.25) is 0 Å². The Morgan fingerprint density at radius 2 is 2.23 bits per heavy atom. The monoisotopic (exact) mass is 172 g/mol. The molecule has 0 unspecified atom stereocenters. The van der Waals surface area contributed by atoms with Gasteiger partial charge >= 0.3 is 0 Å².